The first kappa shape index (κ1) is 26.9. The Labute approximate surface area is 233 Å². The number of carbonyl (C=O) groups excluding carboxylic acids is 2. The second kappa shape index (κ2) is 12.5. The molecule has 1 aliphatic heterocycles. The largest absolute Gasteiger partial charge is 0.488 e. The Kier molecular flexibility index (Phi) is 8.40. The zero-order chi connectivity index (χ0) is 27.9. The maximum atomic E-state index is 15.1. The molecular formula is C33H31FN2O4. The van der Waals surface area contributed by atoms with Gasteiger partial charge in [-0.2, -0.15) is 0 Å². The van der Waals surface area contributed by atoms with Crippen LogP contribution in [0.3, 0.4) is 0 Å². The first-order chi connectivity index (χ1) is 19.5. The minimum Gasteiger partial charge on any atom is -0.488 e. The molecule has 6 nitrogen and oxygen atoms in total. The number of esters is 1. The zero-order valence-corrected chi connectivity index (χ0v) is 22.4. The smallest absolute Gasteiger partial charge is 0.340 e. The number of benzene rings is 4. The van der Waals surface area contributed by atoms with Crippen LogP contribution in [0.1, 0.15) is 45.5 Å². The molecule has 0 spiro atoms. The molecular weight excluding hydrogens is 507 g/mol. The third kappa shape index (κ3) is 6.15. The van der Waals surface area contributed by atoms with E-state index >= 15 is 4.39 Å². The summed E-state index contributed by atoms with van der Waals surface area (Å²) < 4.78 is 26.1. The lowest BCUT2D eigenvalue weighted by Crippen LogP contribution is -2.29. The molecule has 4 aromatic carbocycles. The van der Waals surface area contributed by atoms with Crippen LogP contribution in [0.5, 0.6) is 5.75 Å². The number of anilines is 2. The molecule has 0 aliphatic carbocycles. The van der Waals surface area contributed by atoms with Crippen molar-refractivity contribution in [2.45, 2.75) is 25.9 Å². The molecule has 0 aromatic heterocycles. The fraction of sp³-hybridized carbons (Fsp3) is 0.212. The van der Waals surface area contributed by atoms with Crippen molar-refractivity contribution in [1.29, 1.82) is 0 Å². The zero-order valence-electron chi connectivity index (χ0n) is 22.4. The van der Waals surface area contributed by atoms with E-state index in [0.717, 1.165) is 43.2 Å². The van der Waals surface area contributed by atoms with Crippen LogP contribution in [0.15, 0.2) is 91.0 Å². The Morgan fingerprint density at radius 3 is 2.25 bits per heavy atom. The van der Waals surface area contributed by atoms with Crippen LogP contribution < -0.4 is 15.0 Å². The van der Waals surface area contributed by atoms with Crippen LogP contribution in [-0.2, 0) is 11.3 Å². The van der Waals surface area contributed by atoms with E-state index in [4.69, 9.17) is 9.47 Å². The summed E-state index contributed by atoms with van der Waals surface area (Å²) in [7, 11) is 1.22. The van der Waals surface area contributed by atoms with Gasteiger partial charge < -0.3 is 19.7 Å². The fourth-order valence-electron chi connectivity index (χ4n) is 4.89. The van der Waals surface area contributed by atoms with Crippen molar-refractivity contribution in [3.05, 3.63) is 114 Å². The number of methoxy groups -OCH3 is 1. The van der Waals surface area contributed by atoms with Crippen LogP contribution in [-0.4, -0.2) is 32.1 Å². The highest BCUT2D eigenvalue weighted by molar-refractivity contribution is 6.10. The Balaban J connectivity index is 1.51. The molecule has 5 rings (SSSR count). The predicted molar refractivity (Wildman–Crippen MR) is 154 cm³/mol. The van der Waals surface area contributed by atoms with E-state index in [-0.39, 0.29) is 23.4 Å². The molecule has 0 saturated carbocycles. The number of halogens is 1. The first-order valence-corrected chi connectivity index (χ1v) is 13.4. The van der Waals surface area contributed by atoms with Crippen molar-refractivity contribution in [2.75, 3.05) is 30.4 Å². The Bertz CT molecular complexity index is 1490. The molecule has 1 saturated heterocycles. The molecule has 40 heavy (non-hydrogen) atoms. The Morgan fingerprint density at radius 2 is 1.55 bits per heavy atom. The highest BCUT2D eigenvalue weighted by atomic mass is 19.1. The summed E-state index contributed by atoms with van der Waals surface area (Å²) in [5.41, 5.74) is 3.15. The topological polar surface area (TPSA) is 67.9 Å². The quantitative estimate of drug-likeness (QED) is 0.242. The van der Waals surface area contributed by atoms with Gasteiger partial charge in [0.25, 0.3) is 5.91 Å². The summed E-state index contributed by atoms with van der Waals surface area (Å²) in [5, 5.41) is 2.84. The number of rotatable bonds is 8. The van der Waals surface area contributed by atoms with Gasteiger partial charge in [0.15, 0.2) is 0 Å². The second-order valence-corrected chi connectivity index (χ2v) is 9.69. The van der Waals surface area contributed by atoms with E-state index in [1.807, 2.05) is 54.6 Å². The van der Waals surface area contributed by atoms with Crippen LogP contribution in [0.4, 0.5) is 15.8 Å². The van der Waals surface area contributed by atoms with Crippen molar-refractivity contribution in [3.8, 4) is 16.9 Å². The summed E-state index contributed by atoms with van der Waals surface area (Å²) >= 11 is 0. The SMILES string of the molecule is COC(=O)c1cc(F)c(-c2ccccc2)cc1NC(=O)c1cc(N2CCCCC2)ccc1OCc1ccccc1. The van der Waals surface area contributed by atoms with Crippen LogP contribution >= 0.6 is 0 Å². The van der Waals surface area contributed by atoms with Crippen LogP contribution in [0.2, 0.25) is 0 Å². The fourth-order valence-corrected chi connectivity index (χ4v) is 4.89. The predicted octanol–water partition coefficient (Wildman–Crippen LogP) is 7.10. The molecule has 204 valence electrons. The van der Waals surface area contributed by atoms with Crippen molar-refractivity contribution in [3.63, 3.8) is 0 Å². The molecule has 1 N–H and O–H groups in total. The van der Waals surface area contributed by atoms with E-state index < -0.39 is 17.7 Å². The highest BCUT2D eigenvalue weighted by Gasteiger charge is 2.22. The van der Waals surface area contributed by atoms with E-state index in [1.54, 1.807) is 24.3 Å². The minimum absolute atomic E-state index is 0.0769. The standard InChI is InChI=1S/C33H31FN2O4/c1-39-33(38)27-20-29(34)26(24-13-7-3-8-14-24)21-30(27)35-32(37)28-19-25(36-17-9-4-10-18-36)15-16-31(28)40-22-23-11-5-2-6-12-23/h2-3,5-8,11-16,19-21H,4,9-10,17-18,22H2,1H3,(H,35,37). The number of hydrogen-bond donors (Lipinski definition) is 1. The van der Waals surface area contributed by atoms with Gasteiger partial charge in [0.1, 0.15) is 18.2 Å². The molecule has 1 heterocycles. The normalized spacial score (nSPS) is 13.0. The molecule has 0 atom stereocenters. The molecule has 7 heteroatoms. The lowest BCUT2D eigenvalue weighted by molar-refractivity contribution is 0.0601. The summed E-state index contributed by atoms with van der Waals surface area (Å²) in [6.07, 6.45) is 3.37. The van der Waals surface area contributed by atoms with Gasteiger partial charge in [-0.3, -0.25) is 4.79 Å². The third-order valence-electron chi connectivity index (χ3n) is 7.01. The number of piperidine rings is 1. The molecule has 4 aromatic rings. The van der Waals surface area contributed by atoms with E-state index in [1.165, 1.54) is 19.6 Å². The summed E-state index contributed by atoms with van der Waals surface area (Å²) in [6, 6.07) is 26.8. The average Bonchev–Trinajstić information content (AvgIpc) is 3.01. The van der Waals surface area contributed by atoms with Gasteiger partial charge in [-0.1, -0.05) is 60.7 Å². The van der Waals surface area contributed by atoms with Crippen molar-refractivity contribution < 1.29 is 23.5 Å². The van der Waals surface area contributed by atoms with Gasteiger partial charge in [0.2, 0.25) is 0 Å². The molecule has 1 aliphatic rings. The first-order valence-electron chi connectivity index (χ1n) is 13.4. The molecule has 1 amide bonds. The van der Waals surface area contributed by atoms with Crippen molar-refractivity contribution in [2.24, 2.45) is 0 Å². The third-order valence-corrected chi connectivity index (χ3v) is 7.01. The van der Waals surface area contributed by atoms with Crippen molar-refractivity contribution >= 4 is 23.3 Å². The molecule has 1 fully saturated rings. The lowest BCUT2D eigenvalue weighted by Gasteiger charge is -2.29. The molecule has 0 bridgehead atoms. The van der Waals surface area contributed by atoms with Gasteiger partial charge in [-0.05, 0) is 60.7 Å². The minimum atomic E-state index is -0.753. The number of carbonyl (C=O) groups is 2. The number of amides is 1. The average molecular weight is 539 g/mol. The molecule has 0 unspecified atom stereocenters. The maximum Gasteiger partial charge on any atom is 0.340 e. The number of ether oxygens (including phenoxy) is 2. The van der Waals surface area contributed by atoms with E-state index in [0.29, 0.717) is 16.9 Å². The number of nitrogens with one attached hydrogen (secondary N) is 1. The summed E-state index contributed by atoms with van der Waals surface area (Å²) in [4.78, 5) is 28.6. The monoisotopic (exact) mass is 538 g/mol. The van der Waals surface area contributed by atoms with Gasteiger partial charge in [0, 0.05) is 24.3 Å². The Morgan fingerprint density at radius 1 is 0.850 bits per heavy atom. The maximum absolute atomic E-state index is 15.1. The van der Waals surface area contributed by atoms with Gasteiger partial charge in [-0.25, -0.2) is 9.18 Å². The number of nitrogens with zero attached hydrogens (tertiary/aromatic N) is 1. The lowest BCUT2D eigenvalue weighted by atomic mass is 10.0. The Hall–Kier alpha value is -4.65. The van der Waals surface area contributed by atoms with E-state index in [2.05, 4.69) is 10.2 Å². The van der Waals surface area contributed by atoms with Crippen molar-refractivity contribution in [1.82, 2.24) is 0 Å². The summed E-state index contributed by atoms with van der Waals surface area (Å²) in [5.74, 6) is -1.41. The summed E-state index contributed by atoms with van der Waals surface area (Å²) in [6.45, 7) is 2.11. The van der Waals surface area contributed by atoms with E-state index in [9.17, 15) is 9.59 Å². The van der Waals surface area contributed by atoms with Gasteiger partial charge in [-0.15, -0.1) is 0 Å². The molecule has 0 radical (unpaired) electrons. The van der Waals surface area contributed by atoms with Gasteiger partial charge in [0.05, 0.1) is 23.9 Å². The number of hydrogen-bond acceptors (Lipinski definition) is 5. The highest BCUT2D eigenvalue weighted by Crippen LogP contribution is 2.32. The van der Waals surface area contributed by atoms with Crippen LogP contribution in [0, 0.1) is 5.82 Å². The van der Waals surface area contributed by atoms with Gasteiger partial charge >= 0.3 is 5.97 Å². The van der Waals surface area contributed by atoms with Crippen LogP contribution in [0.25, 0.3) is 11.1 Å². The second-order valence-electron chi connectivity index (χ2n) is 9.69.